The van der Waals surface area contributed by atoms with Gasteiger partial charge in [-0.3, -0.25) is 4.98 Å². The lowest BCUT2D eigenvalue weighted by Gasteiger charge is -2.37. The molecule has 0 radical (unpaired) electrons. The Bertz CT molecular complexity index is 1530. The summed E-state index contributed by atoms with van der Waals surface area (Å²) in [7, 11) is 0. The monoisotopic (exact) mass is 589 g/mol. The molecule has 2 aromatic heterocycles. The number of anilines is 2. The number of nitrogens with one attached hydrogen (secondary N) is 1. The SMILES string of the molecule is Cc1cc(-n2cccc2[C@@H]2[C@@H](c3ccccn3)NC(=S)N2c2ccc(N3C[C@H](C)C[C@H](C)C3)c(Cl)c2)ccc1Cl. The van der Waals surface area contributed by atoms with Crippen LogP contribution in [-0.4, -0.2) is 27.8 Å². The summed E-state index contributed by atoms with van der Waals surface area (Å²) in [5.74, 6) is 1.28. The van der Waals surface area contributed by atoms with Crippen molar-refractivity contribution >= 4 is 51.9 Å². The number of halogens is 2. The lowest BCUT2D eigenvalue weighted by Crippen LogP contribution is -2.38. The van der Waals surface area contributed by atoms with Gasteiger partial charge in [-0.25, -0.2) is 0 Å². The summed E-state index contributed by atoms with van der Waals surface area (Å²) in [6, 6.07) is 22.4. The fourth-order valence-corrected chi connectivity index (χ4v) is 7.10. The lowest BCUT2D eigenvalue weighted by atomic mass is 9.91. The van der Waals surface area contributed by atoms with E-state index in [1.165, 1.54) is 6.42 Å². The largest absolute Gasteiger partial charge is 0.370 e. The number of pyridine rings is 1. The minimum Gasteiger partial charge on any atom is -0.370 e. The summed E-state index contributed by atoms with van der Waals surface area (Å²) >= 11 is 19.4. The van der Waals surface area contributed by atoms with Crippen molar-refractivity contribution < 1.29 is 0 Å². The Morgan fingerprint density at radius 3 is 2.38 bits per heavy atom. The molecule has 0 amide bonds. The quantitative estimate of drug-likeness (QED) is 0.238. The van der Waals surface area contributed by atoms with Gasteiger partial charge in [0.1, 0.15) is 6.04 Å². The second-order valence-electron chi connectivity index (χ2n) is 11.2. The van der Waals surface area contributed by atoms with E-state index in [9.17, 15) is 0 Å². The summed E-state index contributed by atoms with van der Waals surface area (Å²) in [6.45, 7) is 8.70. The first-order valence-electron chi connectivity index (χ1n) is 13.8. The van der Waals surface area contributed by atoms with Crippen LogP contribution in [0.4, 0.5) is 11.4 Å². The van der Waals surface area contributed by atoms with E-state index in [4.69, 9.17) is 40.4 Å². The van der Waals surface area contributed by atoms with Crippen LogP contribution < -0.4 is 15.1 Å². The number of nitrogens with zero attached hydrogens (tertiary/aromatic N) is 4. The predicted octanol–water partition coefficient (Wildman–Crippen LogP) is 8.15. The van der Waals surface area contributed by atoms with Crippen LogP contribution in [-0.2, 0) is 0 Å². The number of piperidine rings is 1. The molecule has 40 heavy (non-hydrogen) atoms. The average Bonchev–Trinajstić information content (AvgIpc) is 3.54. The van der Waals surface area contributed by atoms with E-state index in [0.29, 0.717) is 16.9 Å². The molecule has 2 aliphatic heterocycles. The number of aromatic nitrogens is 2. The van der Waals surface area contributed by atoms with E-state index in [0.717, 1.165) is 57.1 Å². The molecule has 8 heteroatoms. The van der Waals surface area contributed by atoms with Crippen LogP contribution in [0.25, 0.3) is 5.69 Å². The van der Waals surface area contributed by atoms with E-state index >= 15 is 0 Å². The maximum absolute atomic E-state index is 7.01. The maximum atomic E-state index is 7.01. The van der Waals surface area contributed by atoms with E-state index < -0.39 is 0 Å². The molecular formula is C32H33Cl2N5S. The van der Waals surface area contributed by atoms with Gasteiger partial charge >= 0.3 is 0 Å². The Morgan fingerprint density at radius 2 is 1.68 bits per heavy atom. The van der Waals surface area contributed by atoms with Gasteiger partial charge in [-0.05, 0) is 104 Å². The van der Waals surface area contributed by atoms with Gasteiger partial charge in [-0.2, -0.15) is 0 Å². The fourth-order valence-electron chi connectivity index (χ4n) is 6.34. The van der Waals surface area contributed by atoms with E-state index in [2.05, 4.69) is 76.1 Å². The topological polar surface area (TPSA) is 36.3 Å². The molecule has 206 valence electrons. The van der Waals surface area contributed by atoms with Crippen molar-refractivity contribution in [2.45, 2.75) is 39.3 Å². The zero-order valence-corrected chi connectivity index (χ0v) is 25.2. The first-order valence-corrected chi connectivity index (χ1v) is 15.0. The third-order valence-electron chi connectivity index (χ3n) is 8.02. The number of thiocarbonyl (C=S) groups is 1. The smallest absolute Gasteiger partial charge is 0.174 e. The van der Waals surface area contributed by atoms with Crippen molar-refractivity contribution in [1.29, 1.82) is 0 Å². The van der Waals surface area contributed by atoms with Crippen molar-refractivity contribution in [1.82, 2.24) is 14.9 Å². The first kappa shape index (κ1) is 27.1. The summed E-state index contributed by atoms with van der Waals surface area (Å²) in [5, 5.41) is 5.71. The van der Waals surface area contributed by atoms with Crippen LogP contribution in [0.3, 0.4) is 0 Å². The Kier molecular flexibility index (Phi) is 7.51. The van der Waals surface area contributed by atoms with Crippen molar-refractivity contribution in [3.63, 3.8) is 0 Å². The van der Waals surface area contributed by atoms with Crippen molar-refractivity contribution in [2.75, 3.05) is 22.9 Å². The summed E-state index contributed by atoms with van der Waals surface area (Å²) in [6.07, 6.45) is 5.17. The third kappa shape index (κ3) is 5.09. The van der Waals surface area contributed by atoms with E-state index in [1.807, 2.05) is 43.5 Å². The molecule has 2 aromatic carbocycles. The molecule has 0 aliphatic carbocycles. The highest BCUT2D eigenvalue weighted by Crippen LogP contribution is 2.44. The highest BCUT2D eigenvalue weighted by atomic mass is 35.5. The molecule has 4 heterocycles. The van der Waals surface area contributed by atoms with Crippen molar-refractivity contribution in [2.24, 2.45) is 11.8 Å². The van der Waals surface area contributed by atoms with Crippen LogP contribution in [0.2, 0.25) is 10.0 Å². The molecule has 5 nitrogen and oxygen atoms in total. The third-order valence-corrected chi connectivity index (χ3v) is 9.06. The summed E-state index contributed by atoms with van der Waals surface area (Å²) < 4.78 is 2.21. The Morgan fingerprint density at radius 1 is 0.900 bits per heavy atom. The zero-order valence-electron chi connectivity index (χ0n) is 22.9. The van der Waals surface area contributed by atoms with Gasteiger partial charge in [0.15, 0.2) is 5.11 Å². The molecule has 0 bridgehead atoms. The summed E-state index contributed by atoms with van der Waals surface area (Å²) in [5.41, 5.74) is 6.12. The van der Waals surface area contributed by atoms with Crippen molar-refractivity contribution in [3.05, 3.63) is 106 Å². The second-order valence-corrected chi connectivity index (χ2v) is 12.4. The van der Waals surface area contributed by atoms with Gasteiger partial charge < -0.3 is 19.7 Å². The van der Waals surface area contributed by atoms with Crippen LogP contribution in [0.15, 0.2) is 79.1 Å². The highest BCUT2D eigenvalue weighted by Gasteiger charge is 2.42. The first-order chi connectivity index (χ1) is 19.3. The number of aryl methyl sites for hydroxylation is 1. The van der Waals surface area contributed by atoms with Crippen LogP contribution in [0.5, 0.6) is 0 Å². The molecule has 2 fully saturated rings. The van der Waals surface area contributed by atoms with Crippen LogP contribution >= 0.6 is 35.4 Å². The normalized spacial score (nSPS) is 23.0. The Labute approximate surface area is 251 Å². The number of hydrogen-bond acceptors (Lipinski definition) is 3. The zero-order chi connectivity index (χ0) is 28.0. The molecular weight excluding hydrogens is 557 g/mol. The molecule has 6 rings (SSSR count). The van der Waals surface area contributed by atoms with Gasteiger partial charge in [0.2, 0.25) is 0 Å². The van der Waals surface area contributed by atoms with Gasteiger partial charge in [-0.15, -0.1) is 0 Å². The molecule has 4 aromatic rings. The van der Waals surface area contributed by atoms with E-state index in [1.54, 1.807) is 0 Å². The Hall–Kier alpha value is -3.06. The minimum atomic E-state index is -0.162. The molecule has 0 unspecified atom stereocenters. The van der Waals surface area contributed by atoms with Gasteiger partial charge in [-0.1, -0.05) is 43.1 Å². The van der Waals surface area contributed by atoms with Crippen molar-refractivity contribution in [3.8, 4) is 5.69 Å². The van der Waals surface area contributed by atoms with Crippen LogP contribution in [0, 0.1) is 18.8 Å². The second kappa shape index (κ2) is 11.1. The molecule has 4 atom stereocenters. The number of rotatable bonds is 5. The Balaban J connectivity index is 1.43. The molecule has 0 saturated carbocycles. The van der Waals surface area contributed by atoms with Gasteiger partial charge in [0.25, 0.3) is 0 Å². The van der Waals surface area contributed by atoms with Gasteiger partial charge in [0.05, 0.1) is 22.4 Å². The minimum absolute atomic E-state index is 0.155. The van der Waals surface area contributed by atoms with Crippen LogP contribution in [0.1, 0.15) is 49.3 Å². The highest BCUT2D eigenvalue weighted by molar-refractivity contribution is 7.80. The predicted molar refractivity (Wildman–Crippen MR) is 170 cm³/mol. The lowest BCUT2D eigenvalue weighted by molar-refractivity contribution is 0.357. The number of benzene rings is 2. The van der Waals surface area contributed by atoms with E-state index in [-0.39, 0.29) is 12.1 Å². The maximum Gasteiger partial charge on any atom is 0.174 e. The fraction of sp³-hybridized carbons (Fsp3) is 0.312. The summed E-state index contributed by atoms with van der Waals surface area (Å²) in [4.78, 5) is 9.32. The molecule has 2 saturated heterocycles. The molecule has 0 spiro atoms. The molecule has 1 N–H and O–H groups in total. The number of hydrogen-bond donors (Lipinski definition) is 1. The average molecular weight is 591 g/mol. The molecule has 2 aliphatic rings. The van der Waals surface area contributed by atoms with Gasteiger partial charge in [0, 0.05) is 47.6 Å². The standard InChI is InChI=1S/C32H33Cl2N5S/c1-20-15-21(2)19-37(18-20)28-12-10-24(17-26(28)34)39-31(30(36-32(39)40)27-7-4-5-13-35-27)29-8-6-14-38(29)23-9-11-25(33)22(3)16-23/h4-14,16-17,20-21,30-31H,15,18-19H2,1-3H3,(H,36,40)/t20-,21+,30-,31-/m1/s1.